The summed E-state index contributed by atoms with van der Waals surface area (Å²) < 4.78 is 63.8. The number of hydrogen-bond acceptors (Lipinski definition) is 4. The van der Waals surface area contributed by atoms with E-state index in [1.165, 1.54) is 6.07 Å². The third kappa shape index (κ3) is 7.31. The van der Waals surface area contributed by atoms with Crippen LogP contribution >= 0.6 is 0 Å². The standard InChI is InChI=1S/C35H44F4N4O2/c1-22-17-25(9-10-29(22)36)30(24-7-8-24)41-32(44)27-19-23(21-43-15-16-45-33(43)40)18-26(20-27)28-11-14-34(42-31(28)35(37,38)39)12-5-3-2-4-6-13-34/h9-10,17-20,24,28,30-31,40,42H,2-8,11-16,21H2,1H3,(H,41,44)/t28?,30-,31?/m0/s1. The number of carbonyl (C=O) groups excluding carboxylic acids is 1. The molecule has 2 aromatic rings. The minimum absolute atomic E-state index is 0.0191. The summed E-state index contributed by atoms with van der Waals surface area (Å²) in [6.07, 6.45) is 5.07. The average Bonchev–Trinajstić information content (AvgIpc) is 3.76. The Hall–Kier alpha value is -3.14. The van der Waals surface area contributed by atoms with E-state index in [-0.39, 0.29) is 36.3 Å². The van der Waals surface area contributed by atoms with Crippen molar-refractivity contribution >= 4 is 11.9 Å². The molecule has 2 aliphatic heterocycles. The molecule has 2 aromatic carbocycles. The van der Waals surface area contributed by atoms with E-state index in [0.29, 0.717) is 48.2 Å². The van der Waals surface area contributed by atoms with Crippen LogP contribution in [-0.4, -0.2) is 47.7 Å². The van der Waals surface area contributed by atoms with Gasteiger partial charge in [0.15, 0.2) is 0 Å². The number of amidine groups is 1. The first-order valence-corrected chi connectivity index (χ1v) is 16.5. The van der Waals surface area contributed by atoms with Crippen LogP contribution in [0.5, 0.6) is 0 Å². The summed E-state index contributed by atoms with van der Waals surface area (Å²) in [5.74, 6) is -1.30. The number of nitrogens with one attached hydrogen (secondary N) is 3. The molecule has 1 spiro atoms. The maximum Gasteiger partial charge on any atom is 0.404 e. The van der Waals surface area contributed by atoms with Gasteiger partial charge in [0.25, 0.3) is 11.9 Å². The van der Waals surface area contributed by atoms with Gasteiger partial charge < -0.3 is 20.3 Å². The minimum Gasteiger partial charge on any atom is -0.463 e. The van der Waals surface area contributed by atoms with Crippen LogP contribution in [0.15, 0.2) is 36.4 Å². The minimum atomic E-state index is -4.46. The largest absolute Gasteiger partial charge is 0.463 e. The molecule has 244 valence electrons. The Kier molecular flexibility index (Phi) is 9.14. The number of alkyl halides is 3. The Balaban J connectivity index is 1.32. The molecule has 2 saturated carbocycles. The van der Waals surface area contributed by atoms with Crippen LogP contribution < -0.4 is 10.6 Å². The lowest BCUT2D eigenvalue weighted by Crippen LogP contribution is -2.61. The summed E-state index contributed by atoms with van der Waals surface area (Å²) in [5, 5.41) is 14.4. The van der Waals surface area contributed by atoms with Crippen LogP contribution in [0.4, 0.5) is 17.6 Å². The first kappa shape index (κ1) is 31.8. The molecule has 6 rings (SSSR count). The van der Waals surface area contributed by atoms with Crippen molar-refractivity contribution in [1.29, 1.82) is 5.41 Å². The zero-order valence-corrected chi connectivity index (χ0v) is 25.9. The van der Waals surface area contributed by atoms with Crippen molar-refractivity contribution < 1.29 is 27.1 Å². The van der Waals surface area contributed by atoms with Gasteiger partial charge in [0.2, 0.25) is 0 Å². The predicted octanol–water partition coefficient (Wildman–Crippen LogP) is 7.66. The van der Waals surface area contributed by atoms with Crippen molar-refractivity contribution in [2.45, 2.75) is 114 Å². The van der Waals surface area contributed by atoms with E-state index in [2.05, 4.69) is 10.6 Å². The molecule has 2 heterocycles. The third-order valence-corrected chi connectivity index (χ3v) is 10.3. The summed E-state index contributed by atoms with van der Waals surface area (Å²) in [6.45, 7) is 2.82. The first-order chi connectivity index (χ1) is 21.5. The van der Waals surface area contributed by atoms with Crippen molar-refractivity contribution in [3.8, 4) is 0 Å². The van der Waals surface area contributed by atoms with Gasteiger partial charge in [-0.25, -0.2) is 4.39 Å². The van der Waals surface area contributed by atoms with E-state index in [9.17, 15) is 22.4 Å². The number of amides is 1. The van der Waals surface area contributed by atoms with Gasteiger partial charge >= 0.3 is 6.18 Å². The predicted molar refractivity (Wildman–Crippen MR) is 165 cm³/mol. The highest BCUT2D eigenvalue weighted by atomic mass is 19.4. The summed E-state index contributed by atoms with van der Waals surface area (Å²) in [6, 6.07) is 7.98. The maximum atomic E-state index is 14.8. The number of halogens is 4. The van der Waals surface area contributed by atoms with Crippen LogP contribution in [0.2, 0.25) is 0 Å². The fourth-order valence-corrected chi connectivity index (χ4v) is 7.71. The van der Waals surface area contributed by atoms with E-state index >= 15 is 0 Å². The van der Waals surface area contributed by atoms with Gasteiger partial charge in [-0.1, -0.05) is 50.3 Å². The number of benzene rings is 2. The Morgan fingerprint density at radius 3 is 2.44 bits per heavy atom. The Morgan fingerprint density at radius 2 is 1.80 bits per heavy atom. The van der Waals surface area contributed by atoms with E-state index < -0.39 is 23.7 Å². The molecule has 6 nitrogen and oxygen atoms in total. The highest BCUT2D eigenvalue weighted by Gasteiger charge is 2.52. The lowest BCUT2D eigenvalue weighted by Gasteiger charge is -2.48. The molecule has 4 fully saturated rings. The SMILES string of the molecule is Cc1cc([C@@H](NC(=O)c2cc(CN3CCOC3=N)cc(C3CCC4(CCCCCCC4)NC3C(F)(F)F)c2)C2CC2)ccc1F. The van der Waals surface area contributed by atoms with Gasteiger partial charge in [-0.3, -0.25) is 10.2 Å². The number of ether oxygens (including phenoxy) is 1. The summed E-state index contributed by atoms with van der Waals surface area (Å²) >= 11 is 0. The summed E-state index contributed by atoms with van der Waals surface area (Å²) in [5.41, 5.74) is 2.26. The average molecular weight is 629 g/mol. The van der Waals surface area contributed by atoms with Crippen LogP contribution in [-0.2, 0) is 11.3 Å². The number of hydrogen-bond donors (Lipinski definition) is 3. The second-order valence-corrected chi connectivity index (χ2v) is 13.7. The van der Waals surface area contributed by atoms with Gasteiger partial charge in [0.05, 0.1) is 12.6 Å². The van der Waals surface area contributed by atoms with Gasteiger partial charge in [-0.2, -0.15) is 13.2 Å². The fraction of sp³-hybridized carbons (Fsp3) is 0.600. The van der Waals surface area contributed by atoms with Gasteiger partial charge in [-0.05, 0) is 91.8 Å². The third-order valence-electron chi connectivity index (χ3n) is 10.3. The molecule has 1 amide bonds. The summed E-state index contributed by atoms with van der Waals surface area (Å²) in [4.78, 5) is 15.6. The van der Waals surface area contributed by atoms with Crippen molar-refractivity contribution in [2.75, 3.05) is 13.2 Å². The highest BCUT2D eigenvalue weighted by molar-refractivity contribution is 5.95. The van der Waals surface area contributed by atoms with Crippen LogP contribution in [0.3, 0.4) is 0 Å². The van der Waals surface area contributed by atoms with Gasteiger partial charge in [0.1, 0.15) is 18.5 Å². The van der Waals surface area contributed by atoms with Crippen LogP contribution in [0.25, 0.3) is 0 Å². The van der Waals surface area contributed by atoms with Crippen molar-refractivity contribution in [3.05, 3.63) is 70.0 Å². The molecule has 10 heteroatoms. The Labute approximate surface area is 262 Å². The molecule has 45 heavy (non-hydrogen) atoms. The number of rotatable bonds is 7. The smallest absolute Gasteiger partial charge is 0.404 e. The lowest BCUT2D eigenvalue weighted by molar-refractivity contribution is -0.174. The molecule has 0 bridgehead atoms. The van der Waals surface area contributed by atoms with Crippen molar-refractivity contribution in [1.82, 2.24) is 15.5 Å². The van der Waals surface area contributed by atoms with Crippen molar-refractivity contribution in [3.63, 3.8) is 0 Å². The maximum absolute atomic E-state index is 14.8. The molecule has 3 N–H and O–H groups in total. The fourth-order valence-electron chi connectivity index (χ4n) is 7.71. The second kappa shape index (κ2) is 12.9. The van der Waals surface area contributed by atoms with Gasteiger partial charge in [-0.15, -0.1) is 0 Å². The molecule has 0 aromatic heterocycles. The zero-order valence-electron chi connectivity index (χ0n) is 25.9. The van der Waals surface area contributed by atoms with Crippen molar-refractivity contribution in [2.24, 2.45) is 5.92 Å². The summed E-state index contributed by atoms with van der Waals surface area (Å²) in [7, 11) is 0. The first-order valence-electron chi connectivity index (χ1n) is 16.5. The van der Waals surface area contributed by atoms with E-state index in [4.69, 9.17) is 10.1 Å². The normalized spacial score (nSPS) is 24.6. The zero-order chi connectivity index (χ0) is 31.8. The van der Waals surface area contributed by atoms with Crippen LogP contribution in [0, 0.1) is 24.1 Å². The highest BCUT2D eigenvalue weighted by Crippen LogP contribution is 2.46. The second-order valence-electron chi connectivity index (χ2n) is 13.7. The molecule has 2 aliphatic carbocycles. The van der Waals surface area contributed by atoms with E-state index in [1.54, 1.807) is 42.2 Å². The quantitative estimate of drug-likeness (QED) is 0.275. The topological polar surface area (TPSA) is 77.5 Å². The lowest BCUT2D eigenvalue weighted by atomic mass is 9.71. The Morgan fingerprint density at radius 1 is 1.07 bits per heavy atom. The number of aryl methyl sites for hydroxylation is 1. The molecule has 0 radical (unpaired) electrons. The molecule has 2 unspecified atom stereocenters. The number of carbonyl (C=O) groups is 1. The Bertz CT molecular complexity index is 1400. The molecule has 4 aliphatic rings. The number of piperidine rings is 1. The number of nitrogens with zero attached hydrogens (tertiary/aromatic N) is 1. The molecule has 3 atom stereocenters. The molecular weight excluding hydrogens is 584 g/mol. The monoisotopic (exact) mass is 628 g/mol. The van der Waals surface area contributed by atoms with E-state index in [1.807, 2.05) is 0 Å². The molecule has 2 saturated heterocycles. The van der Waals surface area contributed by atoms with E-state index in [0.717, 1.165) is 63.4 Å². The van der Waals surface area contributed by atoms with Gasteiger partial charge in [0, 0.05) is 23.6 Å². The van der Waals surface area contributed by atoms with Crippen LogP contribution in [0.1, 0.15) is 115 Å². The molecular formula is C35H44F4N4O2.